The van der Waals surface area contributed by atoms with Crippen LogP contribution in [0.4, 0.5) is 0 Å². The Morgan fingerprint density at radius 1 is 1.43 bits per heavy atom. The van der Waals surface area contributed by atoms with Crippen molar-refractivity contribution in [1.29, 1.82) is 0 Å². The van der Waals surface area contributed by atoms with E-state index in [2.05, 4.69) is 36.5 Å². The summed E-state index contributed by atoms with van der Waals surface area (Å²) < 4.78 is 2.27. The van der Waals surface area contributed by atoms with E-state index in [0.29, 0.717) is 0 Å². The first-order valence-corrected chi connectivity index (χ1v) is 5.75. The van der Waals surface area contributed by atoms with Gasteiger partial charge in [0.05, 0.1) is 0 Å². The highest BCUT2D eigenvalue weighted by molar-refractivity contribution is 4.88. The topological polar surface area (TPSA) is 17.8 Å². The molecular weight excluding hydrogens is 172 g/mol. The lowest BCUT2D eigenvalue weighted by Gasteiger charge is -2.15. The molecule has 1 aromatic heterocycles. The van der Waals surface area contributed by atoms with E-state index in [0.717, 1.165) is 18.3 Å². The van der Waals surface area contributed by atoms with E-state index in [-0.39, 0.29) is 0 Å². The Balaban J connectivity index is 2.44. The van der Waals surface area contributed by atoms with Crippen molar-refractivity contribution in [2.45, 2.75) is 53.0 Å². The second-order valence-corrected chi connectivity index (χ2v) is 4.04. The third kappa shape index (κ3) is 3.17. The first-order valence-electron chi connectivity index (χ1n) is 5.75. The molecule has 1 rings (SSSR count). The van der Waals surface area contributed by atoms with Gasteiger partial charge in [-0.3, -0.25) is 0 Å². The zero-order chi connectivity index (χ0) is 10.4. The third-order valence-electron chi connectivity index (χ3n) is 2.92. The van der Waals surface area contributed by atoms with Crippen LogP contribution in [0.3, 0.4) is 0 Å². The summed E-state index contributed by atoms with van der Waals surface area (Å²) in [6.45, 7) is 7.76. The molecule has 2 nitrogen and oxygen atoms in total. The van der Waals surface area contributed by atoms with Crippen LogP contribution in [0.2, 0.25) is 0 Å². The van der Waals surface area contributed by atoms with Gasteiger partial charge in [-0.2, -0.15) is 0 Å². The van der Waals surface area contributed by atoms with Crippen molar-refractivity contribution in [2.24, 2.45) is 5.92 Å². The minimum Gasteiger partial charge on any atom is -0.335 e. The standard InChI is InChI=1S/C12H22N2/c1-4-6-7-12(5-2)10-14-9-8-13-11(14)3/h8-9,12H,4-7,10H2,1-3H3. The van der Waals surface area contributed by atoms with Crippen molar-refractivity contribution in [3.63, 3.8) is 0 Å². The summed E-state index contributed by atoms with van der Waals surface area (Å²) in [5.41, 5.74) is 0. The van der Waals surface area contributed by atoms with E-state index in [1.165, 1.54) is 25.7 Å². The molecule has 0 aliphatic heterocycles. The maximum atomic E-state index is 4.25. The van der Waals surface area contributed by atoms with Gasteiger partial charge >= 0.3 is 0 Å². The molecule has 0 aromatic carbocycles. The summed E-state index contributed by atoms with van der Waals surface area (Å²) in [7, 11) is 0. The fourth-order valence-electron chi connectivity index (χ4n) is 1.79. The highest BCUT2D eigenvalue weighted by Crippen LogP contribution is 2.15. The maximum Gasteiger partial charge on any atom is 0.105 e. The van der Waals surface area contributed by atoms with Crippen LogP contribution in [0.25, 0.3) is 0 Å². The average molecular weight is 194 g/mol. The number of rotatable bonds is 6. The lowest BCUT2D eigenvalue weighted by molar-refractivity contribution is 0.387. The van der Waals surface area contributed by atoms with E-state index < -0.39 is 0 Å². The van der Waals surface area contributed by atoms with Crippen LogP contribution < -0.4 is 0 Å². The number of aromatic nitrogens is 2. The molecule has 80 valence electrons. The van der Waals surface area contributed by atoms with E-state index in [1.54, 1.807) is 0 Å². The van der Waals surface area contributed by atoms with E-state index in [9.17, 15) is 0 Å². The summed E-state index contributed by atoms with van der Waals surface area (Å²) >= 11 is 0. The lowest BCUT2D eigenvalue weighted by Crippen LogP contribution is -2.10. The average Bonchev–Trinajstić information content (AvgIpc) is 2.59. The molecule has 0 aliphatic rings. The van der Waals surface area contributed by atoms with E-state index in [1.807, 2.05) is 6.20 Å². The van der Waals surface area contributed by atoms with Crippen molar-refractivity contribution in [3.8, 4) is 0 Å². The number of unbranched alkanes of at least 4 members (excludes halogenated alkanes) is 1. The van der Waals surface area contributed by atoms with Gasteiger partial charge in [0.2, 0.25) is 0 Å². The van der Waals surface area contributed by atoms with Crippen LogP contribution in [0.1, 0.15) is 45.4 Å². The molecule has 0 saturated carbocycles. The van der Waals surface area contributed by atoms with E-state index >= 15 is 0 Å². The molecule has 0 aliphatic carbocycles. The van der Waals surface area contributed by atoms with Gasteiger partial charge in [-0.15, -0.1) is 0 Å². The van der Waals surface area contributed by atoms with Crippen molar-refractivity contribution < 1.29 is 0 Å². The van der Waals surface area contributed by atoms with Crippen LogP contribution in [0, 0.1) is 12.8 Å². The van der Waals surface area contributed by atoms with Gasteiger partial charge in [0.15, 0.2) is 0 Å². The number of hydrogen-bond acceptors (Lipinski definition) is 1. The molecule has 2 heteroatoms. The smallest absolute Gasteiger partial charge is 0.105 e. The molecule has 0 fully saturated rings. The van der Waals surface area contributed by atoms with Gasteiger partial charge in [-0.05, 0) is 19.3 Å². The second-order valence-electron chi connectivity index (χ2n) is 4.04. The third-order valence-corrected chi connectivity index (χ3v) is 2.92. The Hall–Kier alpha value is -0.790. The molecule has 0 bridgehead atoms. The Bertz CT molecular complexity index is 253. The van der Waals surface area contributed by atoms with Gasteiger partial charge in [0.25, 0.3) is 0 Å². The number of hydrogen-bond donors (Lipinski definition) is 0. The molecule has 1 unspecified atom stereocenters. The fourth-order valence-corrected chi connectivity index (χ4v) is 1.79. The number of nitrogens with zero attached hydrogens (tertiary/aromatic N) is 2. The summed E-state index contributed by atoms with van der Waals surface area (Å²) in [5, 5.41) is 0. The predicted molar refractivity (Wildman–Crippen MR) is 60.3 cm³/mol. The Kier molecular flexibility index (Phi) is 4.71. The van der Waals surface area contributed by atoms with Gasteiger partial charge in [-0.1, -0.05) is 33.1 Å². The highest BCUT2D eigenvalue weighted by atomic mass is 15.1. The zero-order valence-electron chi connectivity index (χ0n) is 9.66. The van der Waals surface area contributed by atoms with Gasteiger partial charge in [0, 0.05) is 18.9 Å². The molecular formula is C12H22N2. The SMILES string of the molecule is CCCCC(CC)Cn1ccnc1C. The molecule has 0 saturated heterocycles. The molecule has 14 heavy (non-hydrogen) atoms. The van der Waals surface area contributed by atoms with Crippen LogP contribution >= 0.6 is 0 Å². The summed E-state index contributed by atoms with van der Waals surface area (Å²) in [6, 6.07) is 0. The summed E-state index contributed by atoms with van der Waals surface area (Å²) in [6.07, 6.45) is 9.26. The first-order chi connectivity index (χ1) is 6.77. The minimum absolute atomic E-state index is 0.822. The molecule has 1 atom stereocenters. The van der Waals surface area contributed by atoms with Crippen molar-refractivity contribution in [1.82, 2.24) is 9.55 Å². The van der Waals surface area contributed by atoms with Gasteiger partial charge < -0.3 is 4.57 Å². The number of imidazole rings is 1. The van der Waals surface area contributed by atoms with Gasteiger partial charge in [0.1, 0.15) is 5.82 Å². The summed E-state index contributed by atoms with van der Waals surface area (Å²) in [5.74, 6) is 1.96. The van der Waals surface area contributed by atoms with Crippen LogP contribution in [-0.2, 0) is 6.54 Å². The Labute approximate surface area is 87.4 Å². The quantitative estimate of drug-likeness (QED) is 0.678. The second kappa shape index (κ2) is 5.84. The van der Waals surface area contributed by atoms with Crippen LogP contribution in [-0.4, -0.2) is 9.55 Å². The van der Waals surface area contributed by atoms with Crippen LogP contribution in [0.5, 0.6) is 0 Å². The molecule has 0 radical (unpaired) electrons. The largest absolute Gasteiger partial charge is 0.335 e. The van der Waals surface area contributed by atoms with Gasteiger partial charge in [-0.25, -0.2) is 4.98 Å². The minimum atomic E-state index is 0.822. The molecule has 1 heterocycles. The highest BCUT2D eigenvalue weighted by Gasteiger charge is 2.07. The normalized spacial score (nSPS) is 13.1. The first kappa shape index (κ1) is 11.3. The van der Waals surface area contributed by atoms with Crippen molar-refractivity contribution in [3.05, 3.63) is 18.2 Å². The van der Waals surface area contributed by atoms with Crippen LogP contribution in [0.15, 0.2) is 12.4 Å². The Morgan fingerprint density at radius 2 is 2.21 bits per heavy atom. The molecule has 0 spiro atoms. The zero-order valence-corrected chi connectivity index (χ0v) is 9.66. The van der Waals surface area contributed by atoms with Crippen molar-refractivity contribution >= 4 is 0 Å². The molecule has 0 amide bonds. The lowest BCUT2D eigenvalue weighted by atomic mass is 9.99. The summed E-state index contributed by atoms with van der Waals surface area (Å²) in [4.78, 5) is 4.25. The van der Waals surface area contributed by atoms with Crippen molar-refractivity contribution in [2.75, 3.05) is 0 Å². The molecule has 0 N–H and O–H groups in total. The predicted octanol–water partition coefficient (Wildman–Crippen LogP) is 3.41. The fraction of sp³-hybridized carbons (Fsp3) is 0.750. The van der Waals surface area contributed by atoms with E-state index in [4.69, 9.17) is 0 Å². The monoisotopic (exact) mass is 194 g/mol. The Morgan fingerprint density at radius 3 is 2.71 bits per heavy atom. The molecule has 1 aromatic rings. The number of aryl methyl sites for hydroxylation is 1. The maximum absolute atomic E-state index is 4.25.